The van der Waals surface area contributed by atoms with Crippen molar-refractivity contribution in [3.8, 4) is 0 Å². The predicted octanol–water partition coefficient (Wildman–Crippen LogP) is 2.34. The van der Waals surface area contributed by atoms with Crippen LogP contribution in [0, 0.1) is 16.0 Å². The first-order chi connectivity index (χ1) is 11.1. The number of rotatable bonds is 4. The van der Waals surface area contributed by atoms with Gasteiger partial charge >= 0.3 is 0 Å². The van der Waals surface area contributed by atoms with Gasteiger partial charge in [0.1, 0.15) is 0 Å². The lowest BCUT2D eigenvalue weighted by molar-refractivity contribution is -0.384. The second-order valence-electron chi connectivity index (χ2n) is 5.80. The second kappa shape index (κ2) is 6.60. The monoisotopic (exact) mass is 314 g/mol. The fourth-order valence-electron chi connectivity index (χ4n) is 2.95. The molecular weight excluding hydrogens is 296 g/mol. The number of non-ortho nitro benzene ring substituents is 1. The number of carbonyl (C=O) groups excluding carboxylic acids is 1. The molecule has 1 aromatic heterocycles. The molecule has 0 saturated carbocycles. The van der Waals surface area contributed by atoms with E-state index in [1.54, 1.807) is 29.6 Å². The summed E-state index contributed by atoms with van der Waals surface area (Å²) in [6.45, 7) is 2.28. The molecule has 2 aromatic rings. The number of hydrogen-bond donors (Lipinski definition) is 0. The average Bonchev–Trinajstić information content (AvgIpc) is 3.08. The van der Waals surface area contributed by atoms with Gasteiger partial charge in [-0.3, -0.25) is 14.9 Å². The number of nitro groups is 1. The van der Waals surface area contributed by atoms with Crippen LogP contribution in [0.3, 0.4) is 0 Å². The Labute approximate surface area is 133 Å². The van der Waals surface area contributed by atoms with Crippen LogP contribution in [-0.4, -0.2) is 38.4 Å². The third-order valence-corrected chi connectivity index (χ3v) is 4.23. The quantitative estimate of drug-likeness (QED) is 0.641. The SMILES string of the molecule is O=C(c1cccc([N+](=O)[O-])c1)N1CCC(Cn2ccnc2)CC1. The van der Waals surface area contributed by atoms with Gasteiger partial charge in [-0.1, -0.05) is 6.07 Å². The van der Waals surface area contributed by atoms with Gasteiger partial charge in [-0.15, -0.1) is 0 Å². The standard InChI is InChI=1S/C16H18N4O3/c21-16(14-2-1-3-15(10-14)20(22)23)19-7-4-13(5-8-19)11-18-9-6-17-12-18/h1-3,6,9-10,12-13H,4-5,7-8,11H2. The molecule has 120 valence electrons. The molecule has 1 aromatic carbocycles. The zero-order chi connectivity index (χ0) is 16.2. The molecule has 0 atom stereocenters. The molecule has 0 aliphatic carbocycles. The summed E-state index contributed by atoms with van der Waals surface area (Å²) in [6, 6.07) is 5.93. The van der Waals surface area contributed by atoms with E-state index in [0.29, 0.717) is 24.6 Å². The van der Waals surface area contributed by atoms with Crippen LogP contribution < -0.4 is 0 Å². The first-order valence-corrected chi connectivity index (χ1v) is 7.63. The first-order valence-electron chi connectivity index (χ1n) is 7.63. The molecule has 0 N–H and O–H groups in total. The number of likely N-dealkylation sites (tertiary alicyclic amines) is 1. The minimum absolute atomic E-state index is 0.0501. The molecule has 23 heavy (non-hydrogen) atoms. The van der Waals surface area contributed by atoms with Gasteiger partial charge in [-0.2, -0.15) is 0 Å². The van der Waals surface area contributed by atoms with E-state index < -0.39 is 4.92 Å². The Balaban J connectivity index is 1.60. The van der Waals surface area contributed by atoms with Crippen molar-refractivity contribution >= 4 is 11.6 Å². The highest BCUT2D eigenvalue weighted by atomic mass is 16.6. The molecular formula is C16H18N4O3. The van der Waals surface area contributed by atoms with Crippen LogP contribution in [0.4, 0.5) is 5.69 Å². The van der Waals surface area contributed by atoms with Gasteiger partial charge in [0.2, 0.25) is 0 Å². The molecule has 1 amide bonds. The van der Waals surface area contributed by atoms with E-state index in [-0.39, 0.29) is 11.6 Å². The summed E-state index contributed by atoms with van der Waals surface area (Å²) in [5.74, 6) is 0.396. The highest BCUT2D eigenvalue weighted by molar-refractivity contribution is 5.94. The van der Waals surface area contributed by atoms with Crippen molar-refractivity contribution in [2.75, 3.05) is 13.1 Å². The number of piperidine rings is 1. The lowest BCUT2D eigenvalue weighted by Crippen LogP contribution is -2.39. The van der Waals surface area contributed by atoms with Crippen LogP contribution in [-0.2, 0) is 6.54 Å². The van der Waals surface area contributed by atoms with Gasteiger partial charge in [0.05, 0.1) is 11.3 Å². The molecule has 7 nitrogen and oxygen atoms in total. The highest BCUT2D eigenvalue weighted by Gasteiger charge is 2.24. The molecule has 1 fully saturated rings. The maximum atomic E-state index is 12.5. The van der Waals surface area contributed by atoms with Gasteiger partial charge in [0.25, 0.3) is 11.6 Å². The number of carbonyl (C=O) groups is 1. The Morgan fingerprint density at radius 1 is 1.35 bits per heavy atom. The van der Waals surface area contributed by atoms with Gasteiger partial charge in [0.15, 0.2) is 0 Å². The summed E-state index contributed by atoms with van der Waals surface area (Å²) in [5, 5.41) is 10.8. The van der Waals surface area contributed by atoms with Gasteiger partial charge in [-0.25, -0.2) is 4.98 Å². The van der Waals surface area contributed by atoms with Gasteiger partial charge in [-0.05, 0) is 24.8 Å². The minimum atomic E-state index is -0.478. The summed E-state index contributed by atoms with van der Waals surface area (Å²) < 4.78 is 2.06. The normalized spacial score (nSPS) is 15.6. The van der Waals surface area contributed by atoms with Crippen LogP contribution >= 0.6 is 0 Å². The number of amides is 1. The topological polar surface area (TPSA) is 81.3 Å². The predicted molar refractivity (Wildman–Crippen MR) is 84.0 cm³/mol. The van der Waals surface area contributed by atoms with Crippen LogP contribution in [0.15, 0.2) is 43.0 Å². The molecule has 3 rings (SSSR count). The molecule has 7 heteroatoms. The third kappa shape index (κ3) is 3.56. The lowest BCUT2D eigenvalue weighted by atomic mass is 9.96. The van der Waals surface area contributed by atoms with E-state index in [4.69, 9.17) is 0 Å². The lowest BCUT2D eigenvalue weighted by Gasteiger charge is -2.32. The van der Waals surface area contributed by atoms with E-state index >= 15 is 0 Å². The van der Waals surface area contributed by atoms with Crippen LogP contribution in [0.2, 0.25) is 0 Å². The Morgan fingerprint density at radius 3 is 2.78 bits per heavy atom. The molecule has 1 saturated heterocycles. The zero-order valence-corrected chi connectivity index (χ0v) is 12.7. The summed E-state index contributed by atoms with van der Waals surface area (Å²) in [7, 11) is 0. The molecule has 0 spiro atoms. The molecule has 2 heterocycles. The molecule has 1 aliphatic heterocycles. The maximum absolute atomic E-state index is 12.5. The Bertz CT molecular complexity index is 691. The number of hydrogen-bond acceptors (Lipinski definition) is 4. The van der Waals surface area contributed by atoms with Crippen molar-refractivity contribution in [2.24, 2.45) is 5.92 Å². The zero-order valence-electron chi connectivity index (χ0n) is 12.7. The Morgan fingerprint density at radius 2 is 2.13 bits per heavy atom. The molecule has 0 unspecified atom stereocenters. The van der Waals surface area contributed by atoms with Crippen molar-refractivity contribution in [1.82, 2.24) is 14.5 Å². The van der Waals surface area contributed by atoms with Crippen molar-refractivity contribution in [1.29, 1.82) is 0 Å². The number of nitro benzene ring substituents is 1. The van der Waals surface area contributed by atoms with E-state index in [9.17, 15) is 14.9 Å². The first kappa shape index (κ1) is 15.2. The fourth-order valence-corrected chi connectivity index (χ4v) is 2.95. The number of aromatic nitrogens is 2. The Kier molecular flexibility index (Phi) is 4.36. The Hall–Kier alpha value is -2.70. The van der Waals surface area contributed by atoms with Crippen molar-refractivity contribution in [2.45, 2.75) is 19.4 Å². The number of nitrogens with zero attached hydrogens (tertiary/aromatic N) is 4. The van der Waals surface area contributed by atoms with Crippen LogP contribution in [0.25, 0.3) is 0 Å². The molecule has 1 aliphatic rings. The van der Waals surface area contributed by atoms with Crippen LogP contribution in [0.5, 0.6) is 0 Å². The molecule has 0 bridgehead atoms. The summed E-state index contributed by atoms with van der Waals surface area (Å²) in [6.07, 6.45) is 7.37. The van der Waals surface area contributed by atoms with E-state index in [0.717, 1.165) is 19.4 Å². The summed E-state index contributed by atoms with van der Waals surface area (Å²) in [4.78, 5) is 28.6. The average molecular weight is 314 g/mol. The van der Waals surface area contributed by atoms with Gasteiger partial charge < -0.3 is 9.47 Å². The van der Waals surface area contributed by atoms with Crippen molar-refractivity contribution in [3.63, 3.8) is 0 Å². The summed E-state index contributed by atoms with van der Waals surface area (Å²) in [5.41, 5.74) is 0.332. The van der Waals surface area contributed by atoms with E-state index in [2.05, 4.69) is 9.55 Å². The number of imidazole rings is 1. The van der Waals surface area contributed by atoms with Crippen LogP contribution in [0.1, 0.15) is 23.2 Å². The minimum Gasteiger partial charge on any atom is -0.339 e. The largest absolute Gasteiger partial charge is 0.339 e. The van der Waals surface area contributed by atoms with Gasteiger partial charge in [0, 0.05) is 49.7 Å². The maximum Gasteiger partial charge on any atom is 0.270 e. The summed E-state index contributed by atoms with van der Waals surface area (Å²) >= 11 is 0. The van der Waals surface area contributed by atoms with E-state index in [1.165, 1.54) is 12.1 Å². The fraction of sp³-hybridized carbons (Fsp3) is 0.375. The molecule has 0 radical (unpaired) electrons. The van der Waals surface area contributed by atoms with E-state index in [1.807, 2.05) is 6.20 Å². The van der Waals surface area contributed by atoms with Crippen molar-refractivity contribution < 1.29 is 9.72 Å². The number of benzene rings is 1. The third-order valence-electron chi connectivity index (χ3n) is 4.23. The smallest absolute Gasteiger partial charge is 0.270 e. The van der Waals surface area contributed by atoms with Crippen molar-refractivity contribution in [3.05, 3.63) is 58.7 Å². The highest BCUT2D eigenvalue weighted by Crippen LogP contribution is 2.22. The second-order valence-corrected chi connectivity index (χ2v) is 5.80.